The van der Waals surface area contributed by atoms with Crippen LogP contribution < -0.4 is 10.6 Å². The lowest BCUT2D eigenvalue weighted by molar-refractivity contribution is 0.0949. The van der Waals surface area contributed by atoms with Crippen LogP contribution >= 0.6 is 11.3 Å². The van der Waals surface area contributed by atoms with Crippen molar-refractivity contribution in [1.82, 2.24) is 25.6 Å². The maximum atomic E-state index is 12.3. The lowest BCUT2D eigenvalue weighted by Crippen LogP contribution is -2.26. The maximum Gasteiger partial charge on any atom is 0.270 e. The number of hydrogen-bond donors (Lipinski definition) is 3. The number of aromatic amines is 1. The number of thiazole rings is 1. The molecular formula is C22H23N5OS. The minimum Gasteiger partial charge on any atom is -0.350 e. The van der Waals surface area contributed by atoms with Crippen LogP contribution in [0.5, 0.6) is 0 Å². The van der Waals surface area contributed by atoms with Crippen LogP contribution in [0.25, 0.3) is 11.0 Å². The van der Waals surface area contributed by atoms with Crippen molar-refractivity contribution in [2.24, 2.45) is 0 Å². The summed E-state index contributed by atoms with van der Waals surface area (Å²) >= 11 is 1.52. The smallest absolute Gasteiger partial charge is 0.270 e. The minimum atomic E-state index is -0.112. The fourth-order valence-corrected chi connectivity index (χ4v) is 3.86. The van der Waals surface area contributed by atoms with Gasteiger partial charge < -0.3 is 15.6 Å². The van der Waals surface area contributed by atoms with E-state index < -0.39 is 0 Å². The van der Waals surface area contributed by atoms with Crippen molar-refractivity contribution in [2.45, 2.75) is 19.4 Å². The number of nitrogens with one attached hydrogen (secondary N) is 3. The monoisotopic (exact) mass is 405 g/mol. The second kappa shape index (κ2) is 9.45. The molecule has 7 heteroatoms. The molecule has 3 N–H and O–H groups in total. The lowest BCUT2D eigenvalue weighted by atomic mass is 10.1. The summed E-state index contributed by atoms with van der Waals surface area (Å²) in [6, 6.07) is 18.1. The van der Waals surface area contributed by atoms with E-state index >= 15 is 0 Å². The van der Waals surface area contributed by atoms with Gasteiger partial charge >= 0.3 is 0 Å². The van der Waals surface area contributed by atoms with Crippen LogP contribution in [0.15, 0.2) is 60.0 Å². The molecule has 0 saturated heterocycles. The predicted molar refractivity (Wildman–Crippen MR) is 116 cm³/mol. The minimum absolute atomic E-state index is 0.112. The number of fused-ring (bicyclic) bond motifs is 1. The Morgan fingerprint density at radius 2 is 1.79 bits per heavy atom. The van der Waals surface area contributed by atoms with Crippen LogP contribution in [0.3, 0.4) is 0 Å². The topological polar surface area (TPSA) is 82.7 Å². The summed E-state index contributed by atoms with van der Waals surface area (Å²) in [6.07, 6.45) is 1.59. The average molecular weight is 406 g/mol. The van der Waals surface area contributed by atoms with E-state index in [1.807, 2.05) is 47.8 Å². The number of para-hydroxylation sites is 2. The van der Waals surface area contributed by atoms with Crippen molar-refractivity contribution in [1.29, 1.82) is 0 Å². The molecule has 0 saturated carbocycles. The molecule has 0 radical (unpaired) electrons. The summed E-state index contributed by atoms with van der Waals surface area (Å²) in [5.74, 6) is 0.808. The van der Waals surface area contributed by atoms with Crippen LogP contribution in [0, 0.1) is 0 Å². The first-order valence-corrected chi connectivity index (χ1v) is 10.6. The molecule has 0 bridgehead atoms. The Kier molecular flexibility index (Phi) is 6.29. The van der Waals surface area contributed by atoms with E-state index in [9.17, 15) is 4.79 Å². The number of carbonyl (C=O) groups excluding carboxylic acids is 1. The van der Waals surface area contributed by atoms with Gasteiger partial charge in [-0.1, -0.05) is 42.5 Å². The summed E-state index contributed by atoms with van der Waals surface area (Å²) in [5.41, 5.74) is 3.73. The quantitative estimate of drug-likeness (QED) is 0.373. The fraction of sp³-hybridized carbons (Fsp3) is 0.227. The van der Waals surface area contributed by atoms with Gasteiger partial charge in [-0.25, -0.2) is 9.97 Å². The van der Waals surface area contributed by atoms with Gasteiger partial charge in [0.15, 0.2) is 0 Å². The number of aromatic nitrogens is 3. The number of amides is 1. The highest BCUT2D eigenvalue weighted by Gasteiger charge is 2.10. The number of rotatable bonds is 9. The Bertz CT molecular complexity index is 1040. The standard InChI is InChI=1S/C22H23N5OS/c28-22(24-13-10-16-6-2-1-3-7-16)19-15-29-21(27-19)11-12-23-14-20-25-17-8-4-5-9-18(17)26-20/h1-9,15,23H,10-14H2,(H,24,28)(H,25,26). The van der Waals surface area contributed by atoms with E-state index in [1.165, 1.54) is 16.9 Å². The van der Waals surface area contributed by atoms with E-state index in [0.717, 1.165) is 41.3 Å². The molecule has 4 rings (SSSR count). The molecule has 1 amide bonds. The van der Waals surface area contributed by atoms with Gasteiger partial charge in [-0.3, -0.25) is 4.79 Å². The molecule has 2 aromatic carbocycles. The van der Waals surface area contributed by atoms with Crippen molar-refractivity contribution in [2.75, 3.05) is 13.1 Å². The molecule has 2 heterocycles. The van der Waals surface area contributed by atoms with Gasteiger partial charge in [0.1, 0.15) is 11.5 Å². The van der Waals surface area contributed by atoms with Crippen LogP contribution in [0.4, 0.5) is 0 Å². The number of nitrogens with zero attached hydrogens (tertiary/aromatic N) is 2. The zero-order valence-corrected chi connectivity index (χ0v) is 16.8. The average Bonchev–Trinajstić information content (AvgIpc) is 3.38. The van der Waals surface area contributed by atoms with Crippen molar-refractivity contribution < 1.29 is 4.79 Å². The van der Waals surface area contributed by atoms with Crippen LogP contribution in [0.1, 0.15) is 26.9 Å². The third-order valence-electron chi connectivity index (χ3n) is 4.57. The highest BCUT2D eigenvalue weighted by Crippen LogP contribution is 2.11. The summed E-state index contributed by atoms with van der Waals surface area (Å²) in [5, 5.41) is 9.09. The summed E-state index contributed by atoms with van der Waals surface area (Å²) in [7, 11) is 0. The van der Waals surface area contributed by atoms with Crippen LogP contribution in [0.2, 0.25) is 0 Å². The van der Waals surface area contributed by atoms with E-state index in [1.54, 1.807) is 0 Å². The van der Waals surface area contributed by atoms with Gasteiger partial charge in [-0.2, -0.15) is 0 Å². The maximum absolute atomic E-state index is 12.3. The van der Waals surface area contributed by atoms with Gasteiger partial charge in [0.2, 0.25) is 0 Å². The molecule has 0 aliphatic carbocycles. The molecule has 0 spiro atoms. The molecule has 6 nitrogen and oxygen atoms in total. The molecule has 0 unspecified atom stereocenters. The Morgan fingerprint density at radius 3 is 2.66 bits per heavy atom. The van der Waals surface area contributed by atoms with Crippen molar-refractivity contribution in [3.05, 3.63) is 82.1 Å². The Hall–Kier alpha value is -3.03. The molecule has 29 heavy (non-hydrogen) atoms. The zero-order valence-electron chi connectivity index (χ0n) is 16.0. The van der Waals surface area contributed by atoms with Gasteiger partial charge in [0.25, 0.3) is 5.91 Å². The summed E-state index contributed by atoms with van der Waals surface area (Å²) in [4.78, 5) is 24.6. The fourth-order valence-electron chi connectivity index (χ4n) is 3.08. The third-order valence-corrected chi connectivity index (χ3v) is 5.48. The second-order valence-electron chi connectivity index (χ2n) is 6.75. The Morgan fingerprint density at radius 1 is 0.966 bits per heavy atom. The SMILES string of the molecule is O=C(NCCc1ccccc1)c1csc(CCNCc2nc3ccccc3[nH]2)n1. The highest BCUT2D eigenvalue weighted by molar-refractivity contribution is 7.09. The molecule has 4 aromatic rings. The Labute approximate surface area is 173 Å². The van der Waals surface area contributed by atoms with Crippen LogP contribution in [-0.2, 0) is 19.4 Å². The first-order chi connectivity index (χ1) is 14.3. The van der Waals surface area contributed by atoms with Crippen LogP contribution in [-0.4, -0.2) is 33.9 Å². The second-order valence-corrected chi connectivity index (χ2v) is 7.69. The molecular weight excluding hydrogens is 382 g/mol. The zero-order chi connectivity index (χ0) is 19.9. The first kappa shape index (κ1) is 19.3. The van der Waals surface area contributed by atoms with Crippen molar-refractivity contribution in [3.8, 4) is 0 Å². The predicted octanol–water partition coefficient (Wildman–Crippen LogP) is 3.32. The van der Waals surface area contributed by atoms with E-state index in [2.05, 4.69) is 37.7 Å². The Balaban J connectivity index is 1.19. The summed E-state index contributed by atoms with van der Waals surface area (Å²) < 4.78 is 0. The summed E-state index contributed by atoms with van der Waals surface area (Å²) in [6.45, 7) is 2.06. The first-order valence-electron chi connectivity index (χ1n) is 9.69. The molecule has 2 aromatic heterocycles. The van der Waals surface area contributed by atoms with Gasteiger partial charge in [-0.15, -0.1) is 11.3 Å². The number of carbonyl (C=O) groups is 1. The van der Waals surface area contributed by atoms with Crippen molar-refractivity contribution in [3.63, 3.8) is 0 Å². The number of H-pyrrole nitrogens is 1. The third kappa shape index (κ3) is 5.28. The van der Waals surface area contributed by atoms with Crippen molar-refractivity contribution >= 4 is 28.3 Å². The highest BCUT2D eigenvalue weighted by atomic mass is 32.1. The van der Waals surface area contributed by atoms with E-state index in [4.69, 9.17) is 0 Å². The molecule has 0 fully saturated rings. The number of imidazole rings is 1. The normalized spacial score (nSPS) is 11.0. The van der Waals surface area contributed by atoms with E-state index in [0.29, 0.717) is 18.8 Å². The molecule has 0 aliphatic rings. The van der Waals surface area contributed by atoms with Gasteiger partial charge in [-0.05, 0) is 24.1 Å². The molecule has 148 valence electrons. The molecule has 0 aliphatic heterocycles. The number of benzene rings is 2. The molecule has 0 atom stereocenters. The lowest BCUT2D eigenvalue weighted by Gasteiger charge is -2.03. The van der Waals surface area contributed by atoms with E-state index in [-0.39, 0.29) is 5.91 Å². The van der Waals surface area contributed by atoms with Gasteiger partial charge in [0.05, 0.1) is 22.6 Å². The van der Waals surface area contributed by atoms with Gasteiger partial charge in [0, 0.05) is 24.9 Å². The number of hydrogen-bond acceptors (Lipinski definition) is 5. The largest absolute Gasteiger partial charge is 0.350 e.